The highest BCUT2D eigenvalue weighted by Crippen LogP contribution is 2.19. The maximum Gasteiger partial charge on any atom is 0.272 e. The van der Waals surface area contributed by atoms with Crippen molar-refractivity contribution in [3.05, 3.63) is 39.7 Å². The number of rotatable bonds is 5. The van der Waals surface area contributed by atoms with Crippen LogP contribution >= 0.6 is 11.6 Å². The van der Waals surface area contributed by atoms with E-state index in [4.69, 9.17) is 11.6 Å². The highest BCUT2D eigenvalue weighted by molar-refractivity contribution is 6.18. The van der Waals surface area contributed by atoms with Crippen molar-refractivity contribution in [2.24, 2.45) is 0 Å². The summed E-state index contributed by atoms with van der Waals surface area (Å²) in [5, 5.41) is 10.5. The van der Waals surface area contributed by atoms with Crippen LogP contribution < -0.4 is 0 Å². The number of carbonyl (C=O) groups is 1. The number of nitro groups is 1. The van der Waals surface area contributed by atoms with Gasteiger partial charge in [0.2, 0.25) is 0 Å². The van der Waals surface area contributed by atoms with E-state index < -0.39 is 16.6 Å². The standard InChI is InChI=1S/C12H14ClFN2O3/c1-8(2)15(6-5-13)12(17)10-4-3-9(16(18)19)7-11(10)14/h3-4,7-8H,5-6H2,1-2H3. The summed E-state index contributed by atoms with van der Waals surface area (Å²) in [5.74, 6) is -1.19. The number of hydrogen-bond donors (Lipinski definition) is 0. The Hall–Kier alpha value is -1.69. The lowest BCUT2D eigenvalue weighted by molar-refractivity contribution is -0.385. The third-order valence-electron chi connectivity index (χ3n) is 2.60. The number of halogens is 2. The fourth-order valence-electron chi connectivity index (χ4n) is 1.63. The van der Waals surface area contributed by atoms with E-state index >= 15 is 0 Å². The molecule has 1 aromatic carbocycles. The summed E-state index contributed by atoms with van der Waals surface area (Å²) < 4.78 is 13.7. The van der Waals surface area contributed by atoms with Crippen LogP contribution in [-0.4, -0.2) is 34.2 Å². The Labute approximate surface area is 115 Å². The van der Waals surface area contributed by atoms with Crippen molar-refractivity contribution in [1.29, 1.82) is 0 Å². The molecule has 19 heavy (non-hydrogen) atoms. The molecule has 7 heteroatoms. The minimum Gasteiger partial charge on any atom is -0.335 e. The maximum absolute atomic E-state index is 13.7. The topological polar surface area (TPSA) is 63.5 Å². The van der Waals surface area contributed by atoms with Gasteiger partial charge in [-0.15, -0.1) is 11.6 Å². The smallest absolute Gasteiger partial charge is 0.272 e. The van der Waals surface area contributed by atoms with Crippen LogP contribution in [0, 0.1) is 15.9 Å². The average Bonchev–Trinajstić information content (AvgIpc) is 2.34. The summed E-state index contributed by atoms with van der Waals surface area (Å²) in [5.41, 5.74) is -0.577. The molecule has 0 spiro atoms. The molecule has 0 aliphatic heterocycles. The number of non-ortho nitro benzene ring substituents is 1. The van der Waals surface area contributed by atoms with Gasteiger partial charge in [-0.3, -0.25) is 14.9 Å². The Morgan fingerprint density at radius 3 is 2.58 bits per heavy atom. The number of hydrogen-bond acceptors (Lipinski definition) is 3. The van der Waals surface area contributed by atoms with Crippen molar-refractivity contribution in [3.8, 4) is 0 Å². The molecule has 0 atom stereocenters. The van der Waals surface area contributed by atoms with Crippen LogP contribution in [0.4, 0.5) is 10.1 Å². The lowest BCUT2D eigenvalue weighted by Gasteiger charge is -2.26. The van der Waals surface area contributed by atoms with Crippen molar-refractivity contribution >= 4 is 23.2 Å². The molecule has 0 aromatic heterocycles. The van der Waals surface area contributed by atoms with Gasteiger partial charge >= 0.3 is 0 Å². The summed E-state index contributed by atoms with van der Waals surface area (Å²) in [4.78, 5) is 23.3. The van der Waals surface area contributed by atoms with Crippen molar-refractivity contribution in [2.45, 2.75) is 19.9 Å². The second-order valence-corrected chi connectivity index (χ2v) is 4.58. The molecule has 104 valence electrons. The summed E-state index contributed by atoms with van der Waals surface area (Å²) in [6, 6.07) is 2.84. The minimum absolute atomic E-state index is 0.138. The highest BCUT2D eigenvalue weighted by atomic mass is 35.5. The quantitative estimate of drug-likeness (QED) is 0.475. The monoisotopic (exact) mass is 288 g/mol. The van der Waals surface area contributed by atoms with E-state index in [1.807, 2.05) is 0 Å². The number of benzene rings is 1. The Bertz CT molecular complexity index is 494. The zero-order valence-electron chi connectivity index (χ0n) is 10.6. The van der Waals surface area contributed by atoms with Crippen LogP contribution in [0.2, 0.25) is 0 Å². The molecule has 0 aliphatic rings. The van der Waals surface area contributed by atoms with Crippen molar-refractivity contribution in [2.75, 3.05) is 12.4 Å². The first-order valence-electron chi connectivity index (χ1n) is 5.69. The molecule has 0 saturated heterocycles. The molecular weight excluding hydrogens is 275 g/mol. The zero-order chi connectivity index (χ0) is 14.6. The summed E-state index contributed by atoms with van der Waals surface area (Å²) in [6.07, 6.45) is 0. The van der Waals surface area contributed by atoms with Gasteiger partial charge in [0.1, 0.15) is 5.82 Å². The second kappa shape index (κ2) is 6.47. The number of nitrogens with zero attached hydrogens (tertiary/aromatic N) is 2. The van der Waals surface area contributed by atoms with E-state index in [0.717, 1.165) is 18.2 Å². The number of amides is 1. The lowest BCUT2D eigenvalue weighted by atomic mass is 10.1. The fourth-order valence-corrected chi connectivity index (χ4v) is 1.81. The van der Waals surface area contributed by atoms with Crippen molar-refractivity contribution in [3.63, 3.8) is 0 Å². The van der Waals surface area contributed by atoms with Gasteiger partial charge in [-0.05, 0) is 19.9 Å². The van der Waals surface area contributed by atoms with Gasteiger partial charge in [0.15, 0.2) is 0 Å². The summed E-state index contributed by atoms with van der Waals surface area (Å²) in [7, 11) is 0. The van der Waals surface area contributed by atoms with Gasteiger partial charge in [-0.2, -0.15) is 0 Å². The number of alkyl halides is 1. The Morgan fingerprint density at radius 1 is 1.53 bits per heavy atom. The molecular formula is C12H14ClFN2O3. The molecule has 0 radical (unpaired) electrons. The third kappa shape index (κ3) is 3.64. The van der Waals surface area contributed by atoms with Gasteiger partial charge in [0, 0.05) is 24.5 Å². The zero-order valence-corrected chi connectivity index (χ0v) is 11.4. The van der Waals surface area contributed by atoms with Gasteiger partial charge in [-0.25, -0.2) is 4.39 Å². The first kappa shape index (κ1) is 15.4. The Balaban J connectivity index is 3.08. The average molecular weight is 289 g/mol. The molecule has 5 nitrogen and oxygen atoms in total. The van der Waals surface area contributed by atoms with Crippen LogP contribution in [0.25, 0.3) is 0 Å². The Morgan fingerprint density at radius 2 is 2.16 bits per heavy atom. The van der Waals surface area contributed by atoms with Gasteiger partial charge in [0.05, 0.1) is 16.6 Å². The molecule has 1 amide bonds. The lowest BCUT2D eigenvalue weighted by Crippen LogP contribution is -2.38. The predicted molar refractivity (Wildman–Crippen MR) is 69.9 cm³/mol. The first-order valence-corrected chi connectivity index (χ1v) is 6.22. The van der Waals surface area contributed by atoms with Crippen LogP contribution in [-0.2, 0) is 0 Å². The normalized spacial score (nSPS) is 10.6. The first-order chi connectivity index (χ1) is 8.88. The van der Waals surface area contributed by atoms with Crippen LogP contribution in [0.1, 0.15) is 24.2 Å². The molecule has 0 heterocycles. The van der Waals surface area contributed by atoms with Gasteiger partial charge in [-0.1, -0.05) is 0 Å². The molecule has 1 rings (SSSR count). The highest BCUT2D eigenvalue weighted by Gasteiger charge is 2.22. The largest absolute Gasteiger partial charge is 0.335 e. The van der Waals surface area contributed by atoms with Crippen molar-refractivity contribution in [1.82, 2.24) is 4.90 Å². The third-order valence-corrected chi connectivity index (χ3v) is 2.77. The molecule has 0 N–H and O–H groups in total. The second-order valence-electron chi connectivity index (χ2n) is 4.20. The van der Waals surface area contributed by atoms with E-state index in [-0.39, 0.29) is 29.7 Å². The van der Waals surface area contributed by atoms with E-state index in [2.05, 4.69) is 0 Å². The van der Waals surface area contributed by atoms with Crippen LogP contribution in [0.3, 0.4) is 0 Å². The summed E-state index contributed by atoms with van der Waals surface area (Å²) >= 11 is 5.60. The van der Waals surface area contributed by atoms with E-state index in [0.29, 0.717) is 0 Å². The Kier molecular flexibility index (Phi) is 5.23. The molecule has 0 unspecified atom stereocenters. The van der Waals surface area contributed by atoms with E-state index in [1.165, 1.54) is 4.90 Å². The molecule has 0 fully saturated rings. The van der Waals surface area contributed by atoms with E-state index in [9.17, 15) is 19.3 Å². The number of carbonyl (C=O) groups excluding carboxylic acids is 1. The van der Waals surface area contributed by atoms with Gasteiger partial charge in [0.25, 0.3) is 11.6 Å². The van der Waals surface area contributed by atoms with Crippen molar-refractivity contribution < 1.29 is 14.1 Å². The molecule has 1 aromatic rings. The van der Waals surface area contributed by atoms with Crippen LogP contribution in [0.5, 0.6) is 0 Å². The molecule has 0 bridgehead atoms. The SMILES string of the molecule is CC(C)N(CCCl)C(=O)c1ccc([N+](=O)[O-])cc1F. The molecule has 0 saturated carbocycles. The molecule has 0 aliphatic carbocycles. The summed E-state index contributed by atoms with van der Waals surface area (Å²) in [6.45, 7) is 3.86. The fraction of sp³-hybridized carbons (Fsp3) is 0.417. The minimum atomic E-state index is -0.903. The maximum atomic E-state index is 13.7. The number of nitro benzene ring substituents is 1. The van der Waals surface area contributed by atoms with Crippen LogP contribution in [0.15, 0.2) is 18.2 Å². The van der Waals surface area contributed by atoms with Gasteiger partial charge < -0.3 is 4.90 Å². The predicted octanol–water partition coefficient (Wildman–Crippen LogP) is 2.82. The van der Waals surface area contributed by atoms with E-state index in [1.54, 1.807) is 13.8 Å².